The molecule has 0 saturated heterocycles. The summed E-state index contributed by atoms with van der Waals surface area (Å²) in [7, 11) is 6.85. The molecule has 0 N–H and O–H groups in total. The summed E-state index contributed by atoms with van der Waals surface area (Å²) in [6.07, 6.45) is 14.1. The van der Waals surface area contributed by atoms with Crippen molar-refractivity contribution in [3.63, 3.8) is 0 Å². The van der Waals surface area contributed by atoms with Gasteiger partial charge in [0.05, 0.1) is 27.7 Å². The van der Waals surface area contributed by atoms with E-state index in [1.165, 1.54) is 70.8 Å². The molecular formula is C15H34NS+. The van der Waals surface area contributed by atoms with Gasteiger partial charge in [-0.3, -0.25) is 0 Å². The number of rotatable bonds is 12. The van der Waals surface area contributed by atoms with Crippen molar-refractivity contribution in [2.45, 2.75) is 64.2 Å². The summed E-state index contributed by atoms with van der Waals surface area (Å²) in [5, 5.41) is 0. The molecule has 0 saturated carbocycles. The summed E-state index contributed by atoms with van der Waals surface area (Å²) in [5.41, 5.74) is 0. The summed E-state index contributed by atoms with van der Waals surface area (Å²) < 4.78 is 1.12. The summed E-state index contributed by atoms with van der Waals surface area (Å²) in [6.45, 7) is 1.32. The van der Waals surface area contributed by atoms with Crippen LogP contribution in [0, 0.1) is 0 Å². The van der Waals surface area contributed by atoms with Crippen LogP contribution in [0.25, 0.3) is 0 Å². The lowest BCUT2D eigenvalue weighted by atomic mass is 10.1. The fourth-order valence-electron chi connectivity index (χ4n) is 2.11. The molecule has 0 aliphatic heterocycles. The highest BCUT2D eigenvalue weighted by molar-refractivity contribution is 7.80. The molecule has 0 heterocycles. The fraction of sp³-hybridized carbons (Fsp3) is 1.00. The van der Waals surface area contributed by atoms with Crippen LogP contribution in [0.3, 0.4) is 0 Å². The molecule has 0 spiro atoms. The van der Waals surface area contributed by atoms with Gasteiger partial charge < -0.3 is 4.48 Å². The van der Waals surface area contributed by atoms with Crippen molar-refractivity contribution < 1.29 is 4.48 Å². The standard InChI is InChI=1S/C15H33NS/c1-16(2,3)14-12-10-8-6-4-5-7-9-11-13-15-17/h4-15H2,1-3H3/p+1. The van der Waals surface area contributed by atoms with Gasteiger partial charge in [0, 0.05) is 0 Å². The van der Waals surface area contributed by atoms with E-state index in [0.717, 1.165) is 10.2 Å². The molecule has 0 aliphatic carbocycles. The van der Waals surface area contributed by atoms with Crippen molar-refractivity contribution in [2.75, 3.05) is 33.4 Å². The third-order valence-electron chi connectivity index (χ3n) is 3.24. The molecule has 2 heteroatoms. The number of thiol groups is 1. The van der Waals surface area contributed by atoms with Gasteiger partial charge in [0.1, 0.15) is 0 Å². The van der Waals surface area contributed by atoms with Crippen LogP contribution in [0.15, 0.2) is 0 Å². The molecule has 0 aromatic rings. The maximum absolute atomic E-state index is 4.23. The highest BCUT2D eigenvalue weighted by Gasteiger charge is 2.04. The lowest BCUT2D eigenvalue weighted by molar-refractivity contribution is -0.870. The van der Waals surface area contributed by atoms with Crippen molar-refractivity contribution in [3.05, 3.63) is 0 Å². The Balaban J connectivity index is 2.99. The van der Waals surface area contributed by atoms with Gasteiger partial charge >= 0.3 is 0 Å². The van der Waals surface area contributed by atoms with Gasteiger partial charge in [0.15, 0.2) is 0 Å². The van der Waals surface area contributed by atoms with Gasteiger partial charge in [-0.1, -0.05) is 44.9 Å². The Labute approximate surface area is 115 Å². The predicted molar refractivity (Wildman–Crippen MR) is 82.9 cm³/mol. The Morgan fingerprint density at radius 1 is 0.588 bits per heavy atom. The van der Waals surface area contributed by atoms with E-state index in [1.54, 1.807) is 0 Å². The van der Waals surface area contributed by atoms with Crippen LogP contribution in [0.5, 0.6) is 0 Å². The van der Waals surface area contributed by atoms with E-state index in [2.05, 4.69) is 33.8 Å². The Kier molecular flexibility index (Phi) is 11.6. The molecule has 0 atom stereocenters. The summed E-state index contributed by atoms with van der Waals surface area (Å²) in [4.78, 5) is 0. The number of quaternary nitrogens is 1. The second-order valence-corrected chi connectivity index (χ2v) is 6.72. The van der Waals surface area contributed by atoms with E-state index in [0.29, 0.717) is 0 Å². The average Bonchev–Trinajstić information content (AvgIpc) is 2.24. The van der Waals surface area contributed by atoms with Crippen LogP contribution in [0.2, 0.25) is 0 Å². The first-order valence-corrected chi connectivity index (χ1v) is 8.11. The largest absolute Gasteiger partial charge is 0.331 e. The van der Waals surface area contributed by atoms with E-state index in [4.69, 9.17) is 0 Å². The molecule has 0 radical (unpaired) electrons. The SMILES string of the molecule is C[N+](C)(C)CCCCCCCCCCCCS. The molecule has 0 aliphatic rings. The molecule has 0 aromatic carbocycles. The van der Waals surface area contributed by atoms with Gasteiger partial charge in [0.2, 0.25) is 0 Å². The minimum atomic E-state index is 1.06. The van der Waals surface area contributed by atoms with E-state index < -0.39 is 0 Å². The molecule has 0 unspecified atom stereocenters. The maximum atomic E-state index is 4.23. The number of hydrogen-bond acceptors (Lipinski definition) is 1. The Bertz CT molecular complexity index is 151. The van der Waals surface area contributed by atoms with Crippen molar-refractivity contribution in [1.29, 1.82) is 0 Å². The average molecular weight is 261 g/mol. The van der Waals surface area contributed by atoms with Gasteiger partial charge in [-0.25, -0.2) is 0 Å². The zero-order chi connectivity index (χ0) is 13.0. The van der Waals surface area contributed by atoms with Gasteiger partial charge in [-0.2, -0.15) is 12.6 Å². The Morgan fingerprint density at radius 3 is 1.29 bits per heavy atom. The van der Waals surface area contributed by atoms with Crippen LogP contribution < -0.4 is 0 Å². The van der Waals surface area contributed by atoms with E-state index in [9.17, 15) is 0 Å². The second-order valence-electron chi connectivity index (χ2n) is 6.27. The van der Waals surface area contributed by atoms with E-state index in [1.807, 2.05) is 0 Å². The van der Waals surface area contributed by atoms with Gasteiger partial charge in [-0.15, -0.1) is 0 Å². The van der Waals surface area contributed by atoms with Crippen molar-refractivity contribution in [1.82, 2.24) is 0 Å². The number of unbranched alkanes of at least 4 members (excludes halogenated alkanes) is 9. The monoisotopic (exact) mass is 260 g/mol. The van der Waals surface area contributed by atoms with Gasteiger partial charge in [0.25, 0.3) is 0 Å². The summed E-state index contributed by atoms with van der Waals surface area (Å²) in [5.74, 6) is 1.06. The topological polar surface area (TPSA) is 0 Å². The fourth-order valence-corrected chi connectivity index (χ4v) is 2.34. The quantitative estimate of drug-likeness (QED) is 0.298. The first-order chi connectivity index (χ1) is 8.06. The minimum Gasteiger partial charge on any atom is -0.331 e. The van der Waals surface area contributed by atoms with Crippen LogP contribution in [-0.2, 0) is 0 Å². The molecule has 1 nitrogen and oxygen atoms in total. The molecule has 0 fully saturated rings. The molecule has 0 bridgehead atoms. The molecule has 0 aromatic heterocycles. The highest BCUT2D eigenvalue weighted by Crippen LogP contribution is 2.11. The molecular weight excluding hydrogens is 226 g/mol. The van der Waals surface area contributed by atoms with Crippen LogP contribution in [0.1, 0.15) is 64.2 Å². The first-order valence-electron chi connectivity index (χ1n) is 7.47. The Morgan fingerprint density at radius 2 is 0.941 bits per heavy atom. The van der Waals surface area contributed by atoms with Crippen LogP contribution in [0.4, 0.5) is 0 Å². The third kappa shape index (κ3) is 16.3. The lowest BCUT2D eigenvalue weighted by Crippen LogP contribution is -2.35. The first kappa shape index (κ1) is 17.3. The lowest BCUT2D eigenvalue weighted by Gasteiger charge is -2.23. The zero-order valence-corrected chi connectivity index (χ0v) is 13.3. The third-order valence-corrected chi connectivity index (χ3v) is 3.55. The molecule has 104 valence electrons. The Hall–Kier alpha value is 0.310. The van der Waals surface area contributed by atoms with E-state index >= 15 is 0 Å². The van der Waals surface area contributed by atoms with Crippen molar-refractivity contribution in [3.8, 4) is 0 Å². The second kappa shape index (κ2) is 11.4. The zero-order valence-electron chi connectivity index (χ0n) is 12.4. The van der Waals surface area contributed by atoms with E-state index in [-0.39, 0.29) is 0 Å². The summed E-state index contributed by atoms with van der Waals surface area (Å²) in [6, 6.07) is 0. The maximum Gasteiger partial charge on any atom is 0.0780 e. The molecule has 0 rings (SSSR count). The highest BCUT2D eigenvalue weighted by atomic mass is 32.1. The number of hydrogen-bond donors (Lipinski definition) is 1. The van der Waals surface area contributed by atoms with Crippen molar-refractivity contribution >= 4 is 12.6 Å². The molecule has 0 amide bonds. The predicted octanol–water partition coefficient (Wildman–Crippen LogP) is 4.52. The minimum absolute atomic E-state index is 1.06. The van der Waals surface area contributed by atoms with Crippen molar-refractivity contribution in [2.24, 2.45) is 0 Å². The van der Waals surface area contributed by atoms with Crippen LogP contribution >= 0.6 is 12.6 Å². The van der Waals surface area contributed by atoms with Crippen LogP contribution in [-0.4, -0.2) is 37.9 Å². The smallest absolute Gasteiger partial charge is 0.0780 e. The normalized spacial score (nSPS) is 12.0. The number of nitrogens with zero attached hydrogens (tertiary/aromatic N) is 1. The molecule has 17 heavy (non-hydrogen) atoms. The van der Waals surface area contributed by atoms with Gasteiger partial charge in [-0.05, 0) is 25.0 Å². The summed E-state index contributed by atoms with van der Waals surface area (Å²) >= 11 is 4.23.